The summed E-state index contributed by atoms with van der Waals surface area (Å²) in [5, 5.41) is 17.5. The largest absolute Gasteiger partial charge is 0.448 e. The summed E-state index contributed by atoms with van der Waals surface area (Å²) in [6.45, 7) is 0. The second-order valence-corrected chi connectivity index (χ2v) is 5.02. The molecule has 0 rings (SSSR count). The van der Waals surface area contributed by atoms with E-state index in [4.69, 9.17) is 14.4 Å². The summed E-state index contributed by atoms with van der Waals surface area (Å²) in [5.41, 5.74) is 0. The van der Waals surface area contributed by atoms with Crippen molar-refractivity contribution >= 4 is 19.0 Å². The van der Waals surface area contributed by atoms with E-state index in [0.29, 0.717) is 0 Å². The molecule has 1 unspecified atom stereocenters. The number of rotatable bonds is 2. The molecule has 0 saturated heterocycles. The Hall–Kier alpha value is -0.890. The molecule has 0 aromatic carbocycles. The van der Waals surface area contributed by atoms with Crippen molar-refractivity contribution in [2.24, 2.45) is 0 Å². The van der Waals surface area contributed by atoms with Crippen molar-refractivity contribution in [1.29, 1.82) is 5.26 Å². The molecule has 10 heteroatoms. The molecule has 11 heavy (non-hydrogen) atoms. The van der Waals surface area contributed by atoms with Crippen molar-refractivity contribution in [2.75, 3.05) is 0 Å². The fourth-order valence-electron chi connectivity index (χ4n) is 0.186. The number of nitriles is 1. The highest BCUT2D eigenvalue weighted by atomic mass is 32.9. The Balaban J connectivity index is 5.13. The Morgan fingerprint density at radius 2 is 2.18 bits per heavy atom. The minimum absolute atomic E-state index is 0.827. The fourth-order valence-corrected chi connectivity index (χ4v) is 1.39. The summed E-state index contributed by atoms with van der Waals surface area (Å²) in [5.74, 6) is 0. The lowest BCUT2D eigenvalue weighted by molar-refractivity contribution is -0.298. The fraction of sp³-hybridized carbons (Fsp3) is 0. The van der Waals surface area contributed by atoms with Crippen LogP contribution >= 0.6 is 0 Å². The molecule has 2 N–H and O–H groups in total. The van der Waals surface area contributed by atoms with Gasteiger partial charge in [0.1, 0.15) is 4.33 Å². The van der Waals surface area contributed by atoms with E-state index in [-0.39, 0.29) is 0 Å². The van der Waals surface area contributed by atoms with Crippen LogP contribution in [0.1, 0.15) is 0 Å². The second-order valence-electron chi connectivity index (χ2n) is 1.06. The van der Waals surface area contributed by atoms with Crippen LogP contribution in [-0.4, -0.2) is 17.6 Å². The van der Waals surface area contributed by atoms with E-state index in [0.717, 1.165) is 6.26 Å². The molecule has 0 bridgehead atoms. The van der Waals surface area contributed by atoms with Crippen LogP contribution in [0.2, 0.25) is 0 Å². The molecule has 0 aliphatic rings. The van der Waals surface area contributed by atoms with Crippen LogP contribution in [-0.2, 0) is 23.2 Å². The maximum absolute atomic E-state index is 10.1. The zero-order valence-electron chi connectivity index (χ0n) is 4.74. The highest BCUT2D eigenvalue weighted by molar-refractivity contribution is 8.37. The first kappa shape index (κ1) is 10.1. The number of nitrogens with zero attached hydrogens (tertiary/aromatic N) is 2. The van der Waals surface area contributed by atoms with Crippen LogP contribution in [0.3, 0.4) is 0 Å². The normalized spacial score (nSPS) is 13.2. The van der Waals surface area contributed by atoms with Gasteiger partial charge in [0.25, 0.3) is 0 Å². The van der Waals surface area contributed by atoms with E-state index in [2.05, 4.69) is 4.18 Å². The Bertz CT molecular complexity index is 310. The minimum Gasteiger partial charge on any atom is -0.287 e. The summed E-state index contributed by atoms with van der Waals surface area (Å²) in [6.07, 6.45) is 0.827. The van der Waals surface area contributed by atoms with Crippen molar-refractivity contribution in [3.63, 3.8) is 0 Å². The van der Waals surface area contributed by atoms with Gasteiger partial charge >= 0.3 is 25.2 Å². The van der Waals surface area contributed by atoms with Gasteiger partial charge in [-0.25, -0.2) is 10.1 Å². The Labute approximate surface area is 63.1 Å². The van der Waals surface area contributed by atoms with Gasteiger partial charge in [-0.05, 0) is 0 Å². The van der Waals surface area contributed by atoms with Gasteiger partial charge in [-0.1, -0.05) is 0 Å². The first-order valence-electron chi connectivity index (χ1n) is 1.84. The van der Waals surface area contributed by atoms with Crippen LogP contribution in [0.5, 0.6) is 0 Å². The monoisotopic (exact) mass is 202 g/mol. The molecule has 1 atom stereocenters. The predicted octanol–water partition coefficient (Wildman–Crippen LogP) is -0.646. The average molecular weight is 202 g/mol. The number of hydrogen-bond donors (Lipinski definition) is 2. The maximum Gasteiger partial charge on any atom is 0.448 e. The van der Waals surface area contributed by atoms with Gasteiger partial charge in [0.05, 0.1) is 0 Å². The molecule has 0 fully saturated rings. The second kappa shape index (κ2) is 3.49. The van der Waals surface area contributed by atoms with E-state index in [1.54, 1.807) is 0 Å². The predicted molar refractivity (Wildman–Crippen MR) is 34.5 cm³/mol. The Morgan fingerprint density at radius 3 is 2.27 bits per heavy atom. The van der Waals surface area contributed by atoms with Crippen molar-refractivity contribution in [3.8, 4) is 6.26 Å². The third kappa shape index (κ3) is 3.14. The molecule has 0 radical (unpaired) electrons. The topological polar surface area (TPSA) is 134 Å². The summed E-state index contributed by atoms with van der Waals surface area (Å²) in [6, 6.07) is 0. The third-order valence-corrected chi connectivity index (χ3v) is 2.93. The molecule has 0 amide bonds. The summed E-state index contributed by atoms with van der Waals surface area (Å²) >= 11 is 0. The molecular formula is CH2N2O6S2. The molecule has 0 saturated carbocycles. The van der Waals surface area contributed by atoms with Crippen LogP contribution in [0, 0.1) is 21.6 Å². The Kier molecular flexibility index (Phi) is 3.20. The van der Waals surface area contributed by atoms with Crippen molar-refractivity contribution in [2.45, 2.75) is 0 Å². The van der Waals surface area contributed by atoms with Gasteiger partial charge in [-0.15, -0.1) is 5.26 Å². The van der Waals surface area contributed by atoms with Crippen LogP contribution < -0.4 is 0 Å². The third-order valence-electron chi connectivity index (χ3n) is 0.416. The Morgan fingerprint density at radius 1 is 1.73 bits per heavy atom. The molecule has 0 aliphatic heterocycles. The van der Waals surface area contributed by atoms with Gasteiger partial charge in [0.2, 0.25) is 0 Å². The lowest BCUT2D eigenvalue weighted by atomic mass is 11.6. The minimum atomic E-state index is -4.69. The molecule has 0 aromatic rings. The van der Waals surface area contributed by atoms with Crippen LogP contribution in [0.25, 0.3) is 0 Å². The molecule has 0 aliphatic carbocycles. The molecule has 0 aromatic heterocycles. The molecule has 0 heterocycles. The lowest BCUT2D eigenvalue weighted by Gasteiger charge is -1.93. The lowest BCUT2D eigenvalue weighted by Crippen LogP contribution is -2.15. The van der Waals surface area contributed by atoms with Crippen molar-refractivity contribution in [3.05, 3.63) is 10.1 Å². The van der Waals surface area contributed by atoms with Gasteiger partial charge in [0, 0.05) is 0 Å². The SMILES string of the molecule is N#COS([N+](=O)[O-])=S(=O)(O)O. The highest BCUT2D eigenvalue weighted by Crippen LogP contribution is 1.95. The first-order valence-corrected chi connectivity index (χ1v) is 4.94. The standard InChI is InChI=1S/CH2N2O6S2/c2-1-9-10(3(4)5)11(6,7)8/h(H2,6,7,8). The van der Waals surface area contributed by atoms with Gasteiger partial charge in [-0.3, -0.25) is 13.3 Å². The molecule has 64 valence electrons. The van der Waals surface area contributed by atoms with E-state index in [9.17, 15) is 14.3 Å². The average Bonchev–Trinajstić information content (AvgIpc) is 1.79. The zero-order valence-corrected chi connectivity index (χ0v) is 6.37. The zero-order chi connectivity index (χ0) is 9.07. The number of nitro groups is 1. The molecule has 0 spiro atoms. The van der Waals surface area contributed by atoms with Gasteiger partial charge in [0.15, 0.2) is 0 Å². The first-order chi connectivity index (χ1) is 4.89. The van der Waals surface area contributed by atoms with E-state index in [1.807, 2.05) is 0 Å². The van der Waals surface area contributed by atoms with Crippen LogP contribution in [0.15, 0.2) is 0 Å². The smallest absolute Gasteiger partial charge is 0.287 e. The van der Waals surface area contributed by atoms with E-state index < -0.39 is 23.3 Å². The highest BCUT2D eigenvalue weighted by Gasteiger charge is 2.22. The van der Waals surface area contributed by atoms with Gasteiger partial charge < -0.3 is 0 Å². The van der Waals surface area contributed by atoms with Crippen LogP contribution in [0.4, 0.5) is 0 Å². The maximum atomic E-state index is 10.1. The van der Waals surface area contributed by atoms with E-state index in [1.165, 1.54) is 0 Å². The number of hydrogen-bond acceptors (Lipinski definition) is 5. The van der Waals surface area contributed by atoms with E-state index >= 15 is 0 Å². The molecule has 8 nitrogen and oxygen atoms in total. The summed E-state index contributed by atoms with van der Waals surface area (Å²) in [7, 11) is -7.59. The van der Waals surface area contributed by atoms with Crippen molar-refractivity contribution < 1.29 is 21.8 Å². The van der Waals surface area contributed by atoms with Gasteiger partial charge in [-0.2, -0.15) is 4.21 Å². The molecular weight excluding hydrogens is 200 g/mol. The quantitative estimate of drug-likeness (QED) is 0.345. The summed E-state index contributed by atoms with van der Waals surface area (Å²) in [4.78, 5) is 9.78. The summed E-state index contributed by atoms with van der Waals surface area (Å²) < 4.78 is 28.6. The van der Waals surface area contributed by atoms with Crippen molar-refractivity contribution in [1.82, 2.24) is 0 Å².